The van der Waals surface area contributed by atoms with Gasteiger partial charge < -0.3 is 15.7 Å². The molecule has 0 atom stereocenters. The van der Waals surface area contributed by atoms with Crippen molar-refractivity contribution in [1.29, 1.82) is 0 Å². The Hall–Kier alpha value is -2.45. The molecule has 2 amide bonds. The highest BCUT2D eigenvalue weighted by atomic mass is 16.4. The number of amides is 2. The van der Waals surface area contributed by atoms with E-state index in [1.54, 1.807) is 13.8 Å². The Balaban J connectivity index is 2.75. The standard InChI is InChI=1S/C10H15N5O4/c1-6(2)15(4-8(11)16)9(17)5-14-3-7(10(18)19)12-13-14/h3,6H,4-5H2,1-2H3,(H2,11,16)(H,18,19). The van der Waals surface area contributed by atoms with Crippen molar-refractivity contribution in [2.75, 3.05) is 6.54 Å². The number of carboxylic acids is 1. The third-order valence-corrected chi connectivity index (χ3v) is 2.32. The van der Waals surface area contributed by atoms with Gasteiger partial charge in [-0.25, -0.2) is 9.48 Å². The Bertz CT molecular complexity index is 496. The number of nitrogens with two attached hydrogens (primary N) is 1. The molecule has 1 heterocycles. The monoisotopic (exact) mass is 269 g/mol. The zero-order chi connectivity index (χ0) is 14.6. The van der Waals surface area contributed by atoms with Gasteiger partial charge in [0.05, 0.1) is 12.7 Å². The van der Waals surface area contributed by atoms with E-state index in [1.807, 2.05) is 0 Å². The molecule has 1 aromatic heterocycles. The summed E-state index contributed by atoms with van der Waals surface area (Å²) in [5.74, 6) is -2.24. The number of hydrogen-bond donors (Lipinski definition) is 2. The maximum atomic E-state index is 12.0. The summed E-state index contributed by atoms with van der Waals surface area (Å²) < 4.78 is 1.10. The number of hydrogen-bond acceptors (Lipinski definition) is 5. The second kappa shape index (κ2) is 5.94. The van der Waals surface area contributed by atoms with Crippen LogP contribution in [-0.2, 0) is 16.1 Å². The number of aromatic carboxylic acids is 1. The van der Waals surface area contributed by atoms with Crippen molar-refractivity contribution in [1.82, 2.24) is 19.9 Å². The van der Waals surface area contributed by atoms with E-state index >= 15 is 0 Å². The molecule has 0 aliphatic carbocycles. The molecule has 0 aliphatic heterocycles. The topological polar surface area (TPSA) is 131 Å². The van der Waals surface area contributed by atoms with Crippen molar-refractivity contribution in [2.45, 2.75) is 26.4 Å². The lowest BCUT2D eigenvalue weighted by molar-refractivity contribution is -0.137. The van der Waals surface area contributed by atoms with E-state index < -0.39 is 17.8 Å². The van der Waals surface area contributed by atoms with Crippen LogP contribution in [0, 0.1) is 0 Å². The minimum atomic E-state index is -1.23. The summed E-state index contributed by atoms with van der Waals surface area (Å²) in [7, 11) is 0. The van der Waals surface area contributed by atoms with Crippen molar-refractivity contribution in [3.63, 3.8) is 0 Å². The highest BCUT2D eigenvalue weighted by Gasteiger charge is 2.20. The third-order valence-electron chi connectivity index (χ3n) is 2.32. The zero-order valence-corrected chi connectivity index (χ0v) is 10.6. The first-order valence-electron chi connectivity index (χ1n) is 5.52. The van der Waals surface area contributed by atoms with E-state index in [-0.39, 0.29) is 24.8 Å². The van der Waals surface area contributed by atoms with Crippen molar-refractivity contribution in [3.05, 3.63) is 11.9 Å². The van der Waals surface area contributed by atoms with Crippen molar-refractivity contribution >= 4 is 17.8 Å². The molecule has 0 unspecified atom stereocenters. The van der Waals surface area contributed by atoms with Crippen LogP contribution in [0.4, 0.5) is 0 Å². The highest BCUT2D eigenvalue weighted by Crippen LogP contribution is 2.01. The molecule has 0 spiro atoms. The largest absolute Gasteiger partial charge is 0.476 e. The van der Waals surface area contributed by atoms with Gasteiger partial charge in [-0.15, -0.1) is 5.10 Å². The van der Waals surface area contributed by atoms with Crippen LogP contribution in [0.15, 0.2) is 6.20 Å². The highest BCUT2D eigenvalue weighted by molar-refractivity contribution is 5.85. The van der Waals surface area contributed by atoms with Crippen molar-refractivity contribution < 1.29 is 19.5 Å². The van der Waals surface area contributed by atoms with Crippen LogP contribution in [0.5, 0.6) is 0 Å². The molecule has 104 valence electrons. The Morgan fingerprint density at radius 1 is 1.47 bits per heavy atom. The maximum absolute atomic E-state index is 12.0. The van der Waals surface area contributed by atoms with E-state index in [4.69, 9.17) is 10.8 Å². The third kappa shape index (κ3) is 4.05. The molecule has 0 fully saturated rings. The van der Waals surface area contributed by atoms with Crippen LogP contribution in [-0.4, -0.2) is 55.4 Å². The van der Waals surface area contributed by atoms with Gasteiger partial charge in [0, 0.05) is 6.04 Å². The molecule has 3 N–H and O–H groups in total. The first-order valence-corrected chi connectivity index (χ1v) is 5.52. The number of carboxylic acid groups (broad SMARTS) is 1. The SMILES string of the molecule is CC(C)N(CC(N)=O)C(=O)Cn1cc(C(=O)O)nn1. The van der Waals surface area contributed by atoms with Crippen molar-refractivity contribution in [2.24, 2.45) is 5.73 Å². The van der Waals surface area contributed by atoms with Crippen LogP contribution in [0.2, 0.25) is 0 Å². The second-order valence-corrected chi connectivity index (χ2v) is 4.19. The van der Waals surface area contributed by atoms with E-state index in [0.717, 1.165) is 10.9 Å². The molecule has 9 nitrogen and oxygen atoms in total. The van der Waals surface area contributed by atoms with Crippen LogP contribution in [0.1, 0.15) is 24.3 Å². The fraction of sp³-hybridized carbons (Fsp3) is 0.500. The minimum Gasteiger partial charge on any atom is -0.476 e. The first-order chi connectivity index (χ1) is 8.81. The number of carbonyl (C=O) groups is 3. The van der Waals surface area contributed by atoms with E-state index in [0.29, 0.717) is 0 Å². The number of nitrogens with zero attached hydrogens (tertiary/aromatic N) is 4. The molecule has 1 rings (SSSR count). The zero-order valence-electron chi connectivity index (χ0n) is 10.6. The average molecular weight is 269 g/mol. The lowest BCUT2D eigenvalue weighted by Gasteiger charge is -2.25. The van der Waals surface area contributed by atoms with Gasteiger partial charge >= 0.3 is 5.97 Å². The quantitative estimate of drug-likeness (QED) is 0.659. The number of carbonyl (C=O) groups excluding carboxylic acids is 2. The summed E-state index contributed by atoms with van der Waals surface area (Å²) in [6, 6.07) is -0.206. The predicted octanol–water partition coefficient (Wildman–Crippen LogP) is -1.30. The Morgan fingerprint density at radius 2 is 2.11 bits per heavy atom. The molecule has 0 saturated heterocycles. The summed E-state index contributed by atoms with van der Waals surface area (Å²) in [6.07, 6.45) is 1.14. The van der Waals surface area contributed by atoms with E-state index in [2.05, 4.69) is 10.3 Å². The molecule has 1 aromatic rings. The van der Waals surface area contributed by atoms with Gasteiger partial charge in [0.15, 0.2) is 5.69 Å². The summed E-state index contributed by atoms with van der Waals surface area (Å²) in [4.78, 5) is 34.7. The summed E-state index contributed by atoms with van der Waals surface area (Å²) in [6.45, 7) is 3.08. The molecule has 0 aromatic carbocycles. The van der Waals surface area contributed by atoms with Gasteiger partial charge in [0.1, 0.15) is 6.54 Å². The molecular weight excluding hydrogens is 254 g/mol. The van der Waals surface area contributed by atoms with Crippen LogP contribution >= 0.6 is 0 Å². The maximum Gasteiger partial charge on any atom is 0.358 e. The Kier molecular flexibility index (Phi) is 4.56. The normalized spacial score (nSPS) is 10.5. The van der Waals surface area contributed by atoms with Crippen molar-refractivity contribution in [3.8, 4) is 0 Å². The fourth-order valence-corrected chi connectivity index (χ4v) is 1.43. The Morgan fingerprint density at radius 3 is 2.53 bits per heavy atom. The van der Waals surface area contributed by atoms with Gasteiger partial charge in [-0.05, 0) is 13.8 Å². The van der Waals surface area contributed by atoms with Gasteiger partial charge in [-0.3, -0.25) is 9.59 Å². The van der Waals surface area contributed by atoms with Crippen LogP contribution < -0.4 is 5.73 Å². The predicted molar refractivity (Wildman–Crippen MR) is 63.0 cm³/mol. The first kappa shape index (κ1) is 14.6. The molecule has 0 saturated carbocycles. The molecule has 0 radical (unpaired) electrons. The summed E-state index contributed by atoms with van der Waals surface area (Å²) in [5, 5.41) is 15.6. The molecular formula is C10H15N5O4. The van der Waals surface area contributed by atoms with Gasteiger partial charge in [0.2, 0.25) is 11.8 Å². The smallest absolute Gasteiger partial charge is 0.358 e. The van der Waals surface area contributed by atoms with Gasteiger partial charge in [0.25, 0.3) is 0 Å². The van der Waals surface area contributed by atoms with Gasteiger partial charge in [-0.1, -0.05) is 5.21 Å². The lowest BCUT2D eigenvalue weighted by atomic mass is 10.3. The molecule has 0 bridgehead atoms. The van der Waals surface area contributed by atoms with Crippen LogP contribution in [0.3, 0.4) is 0 Å². The number of primary amides is 1. The van der Waals surface area contributed by atoms with Gasteiger partial charge in [-0.2, -0.15) is 0 Å². The second-order valence-electron chi connectivity index (χ2n) is 4.19. The minimum absolute atomic E-state index is 0.197. The average Bonchev–Trinajstić information content (AvgIpc) is 2.73. The number of aromatic nitrogens is 3. The Labute approximate surface area is 109 Å². The lowest BCUT2D eigenvalue weighted by Crippen LogP contribution is -2.44. The summed E-state index contributed by atoms with van der Waals surface area (Å²) in [5.41, 5.74) is 4.81. The van der Waals surface area contributed by atoms with E-state index in [1.165, 1.54) is 4.90 Å². The van der Waals surface area contributed by atoms with Crippen LogP contribution in [0.25, 0.3) is 0 Å². The van der Waals surface area contributed by atoms with E-state index in [9.17, 15) is 14.4 Å². The molecule has 0 aliphatic rings. The molecule has 9 heteroatoms. The summed E-state index contributed by atoms with van der Waals surface area (Å²) >= 11 is 0. The fourth-order valence-electron chi connectivity index (χ4n) is 1.43. The number of rotatable bonds is 6. The molecule has 19 heavy (non-hydrogen) atoms.